The van der Waals surface area contributed by atoms with E-state index in [-0.39, 0.29) is 31.6 Å². The van der Waals surface area contributed by atoms with Crippen molar-refractivity contribution in [3.8, 4) is 5.75 Å². The number of nitrogens with zero attached hydrogens (tertiary/aromatic N) is 1. The van der Waals surface area contributed by atoms with E-state index in [1.165, 1.54) is 0 Å². The first kappa shape index (κ1) is 17.2. The highest BCUT2D eigenvalue weighted by molar-refractivity contribution is 6.27. The van der Waals surface area contributed by atoms with Crippen LogP contribution in [0.3, 0.4) is 0 Å². The van der Waals surface area contributed by atoms with Gasteiger partial charge in [-0.2, -0.15) is 0 Å². The van der Waals surface area contributed by atoms with E-state index < -0.39 is 29.7 Å². The van der Waals surface area contributed by atoms with Gasteiger partial charge in [0.1, 0.15) is 18.4 Å². The highest BCUT2D eigenvalue weighted by Gasteiger charge is 2.43. The van der Waals surface area contributed by atoms with E-state index in [0.29, 0.717) is 16.7 Å². The highest BCUT2D eigenvalue weighted by Crippen LogP contribution is 2.37. The number of hydrogen-bond donors (Lipinski definition) is 2. The predicted octanol–water partition coefficient (Wildman–Crippen LogP) is 0.578. The van der Waals surface area contributed by atoms with Gasteiger partial charge in [0, 0.05) is 23.9 Å². The molecular weight excluding hydrogens is 350 g/mol. The number of piperidine rings is 1. The molecule has 4 amide bonds. The molecule has 1 saturated heterocycles. The van der Waals surface area contributed by atoms with Crippen LogP contribution in [0.5, 0.6) is 5.75 Å². The van der Waals surface area contributed by atoms with E-state index in [1.807, 2.05) is 0 Å². The second-order valence-electron chi connectivity index (χ2n) is 6.43. The first-order valence-corrected chi connectivity index (χ1v) is 8.63. The normalized spacial score (nSPS) is 19.4. The SMILES string of the molecule is NCCOc1ccc2cccc3c2c1C(=O)N(C1CCC(=O)NC1=O)C3=O. The number of nitrogens with two attached hydrogens (primary N) is 1. The van der Waals surface area contributed by atoms with Crippen molar-refractivity contribution < 1.29 is 23.9 Å². The van der Waals surface area contributed by atoms with Crippen LogP contribution < -0.4 is 15.8 Å². The van der Waals surface area contributed by atoms with Gasteiger partial charge in [0.2, 0.25) is 11.8 Å². The van der Waals surface area contributed by atoms with Crippen molar-refractivity contribution in [2.75, 3.05) is 13.2 Å². The number of hydrogen-bond acceptors (Lipinski definition) is 6. The molecule has 0 spiro atoms. The Balaban J connectivity index is 1.87. The van der Waals surface area contributed by atoms with Gasteiger partial charge in [-0.3, -0.25) is 29.4 Å². The van der Waals surface area contributed by atoms with Crippen molar-refractivity contribution in [2.45, 2.75) is 18.9 Å². The molecule has 1 fully saturated rings. The van der Waals surface area contributed by atoms with Gasteiger partial charge < -0.3 is 10.5 Å². The van der Waals surface area contributed by atoms with Crippen LogP contribution in [-0.4, -0.2) is 47.7 Å². The summed E-state index contributed by atoms with van der Waals surface area (Å²) in [6.07, 6.45) is 0.162. The maximum Gasteiger partial charge on any atom is 0.265 e. The van der Waals surface area contributed by atoms with E-state index in [2.05, 4.69) is 5.32 Å². The summed E-state index contributed by atoms with van der Waals surface area (Å²) in [5.74, 6) is -1.91. The van der Waals surface area contributed by atoms with E-state index in [4.69, 9.17) is 10.5 Å². The zero-order valence-electron chi connectivity index (χ0n) is 14.4. The van der Waals surface area contributed by atoms with Crippen molar-refractivity contribution in [3.05, 3.63) is 41.5 Å². The van der Waals surface area contributed by atoms with Gasteiger partial charge in [0.15, 0.2) is 0 Å². The van der Waals surface area contributed by atoms with Crippen LogP contribution in [0.4, 0.5) is 0 Å². The monoisotopic (exact) mass is 367 g/mol. The second kappa shape index (κ2) is 6.48. The molecule has 0 saturated carbocycles. The molecule has 2 aromatic carbocycles. The fourth-order valence-corrected chi connectivity index (χ4v) is 3.59. The van der Waals surface area contributed by atoms with Gasteiger partial charge in [-0.1, -0.05) is 18.2 Å². The maximum atomic E-state index is 13.3. The topological polar surface area (TPSA) is 119 Å². The summed E-state index contributed by atoms with van der Waals surface area (Å²) in [5.41, 5.74) is 6.06. The fraction of sp³-hybridized carbons (Fsp3) is 0.263. The summed E-state index contributed by atoms with van der Waals surface area (Å²) < 4.78 is 5.62. The third-order valence-electron chi connectivity index (χ3n) is 4.79. The standard InChI is InChI=1S/C19H17N3O5/c20-8-9-27-13-6-4-10-2-1-3-11-15(10)16(13)19(26)22(18(11)25)12-5-7-14(23)21-17(12)24/h1-4,6,12H,5,7-9,20H2,(H,21,23,24). The second-order valence-corrected chi connectivity index (χ2v) is 6.43. The Labute approximate surface area is 154 Å². The van der Waals surface area contributed by atoms with Gasteiger partial charge in [-0.25, -0.2) is 0 Å². The van der Waals surface area contributed by atoms with Gasteiger partial charge in [0.05, 0.1) is 5.56 Å². The van der Waals surface area contributed by atoms with Gasteiger partial charge in [-0.15, -0.1) is 0 Å². The van der Waals surface area contributed by atoms with Crippen molar-refractivity contribution in [1.82, 2.24) is 10.2 Å². The lowest BCUT2D eigenvalue weighted by atomic mass is 9.91. The Morgan fingerprint density at radius 1 is 1.11 bits per heavy atom. The molecule has 3 N–H and O–H groups in total. The average molecular weight is 367 g/mol. The number of benzene rings is 2. The quantitative estimate of drug-likeness (QED) is 0.763. The maximum absolute atomic E-state index is 13.3. The third kappa shape index (κ3) is 2.65. The Kier molecular flexibility index (Phi) is 4.12. The first-order valence-electron chi connectivity index (χ1n) is 8.63. The summed E-state index contributed by atoms with van der Waals surface area (Å²) >= 11 is 0. The Morgan fingerprint density at radius 3 is 2.67 bits per heavy atom. The number of nitrogens with one attached hydrogen (secondary N) is 1. The van der Waals surface area contributed by atoms with E-state index in [1.54, 1.807) is 30.3 Å². The number of amides is 4. The predicted molar refractivity (Wildman–Crippen MR) is 95.2 cm³/mol. The van der Waals surface area contributed by atoms with Gasteiger partial charge in [-0.05, 0) is 23.9 Å². The summed E-state index contributed by atoms with van der Waals surface area (Å²) in [7, 11) is 0. The summed E-state index contributed by atoms with van der Waals surface area (Å²) in [5, 5.41) is 3.43. The molecule has 0 aliphatic carbocycles. The number of carbonyl (C=O) groups is 4. The smallest absolute Gasteiger partial charge is 0.265 e. The number of ether oxygens (including phenoxy) is 1. The molecular formula is C19H17N3O5. The minimum atomic E-state index is -1.03. The molecule has 27 heavy (non-hydrogen) atoms. The van der Waals surface area contributed by atoms with Crippen LogP contribution in [0, 0.1) is 0 Å². The number of carbonyl (C=O) groups excluding carboxylic acids is 4. The van der Waals surface area contributed by atoms with Crippen LogP contribution in [0.25, 0.3) is 10.8 Å². The number of rotatable bonds is 4. The average Bonchev–Trinajstić information content (AvgIpc) is 2.66. The van der Waals surface area contributed by atoms with Crippen LogP contribution in [0.15, 0.2) is 30.3 Å². The van der Waals surface area contributed by atoms with Gasteiger partial charge in [0.25, 0.3) is 11.8 Å². The summed E-state index contributed by atoms with van der Waals surface area (Å²) in [4.78, 5) is 51.0. The molecule has 0 radical (unpaired) electrons. The minimum Gasteiger partial charge on any atom is -0.491 e. The van der Waals surface area contributed by atoms with Crippen LogP contribution >= 0.6 is 0 Å². The lowest BCUT2D eigenvalue weighted by molar-refractivity contribution is -0.136. The summed E-state index contributed by atoms with van der Waals surface area (Å²) in [6.45, 7) is 0.476. The Bertz CT molecular complexity index is 1000. The zero-order valence-corrected chi connectivity index (χ0v) is 14.4. The Morgan fingerprint density at radius 2 is 1.93 bits per heavy atom. The molecule has 8 heteroatoms. The molecule has 2 aliphatic heterocycles. The number of imide groups is 2. The van der Waals surface area contributed by atoms with Crippen LogP contribution in [0.1, 0.15) is 33.6 Å². The van der Waals surface area contributed by atoms with Crippen molar-refractivity contribution in [1.29, 1.82) is 0 Å². The molecule has 4 rings (SSSR count). The van der Waals surface area contributed by atoms with Crippen molar-refractivity contribution in [3.63, 3.8) is 0 Å². The molecule has 8 nitrogen and oxygen atoms in total. The van der Waals surface area contributed by atoms with E-state index in [9.17, 15) is 19.2 Å². The Hall–Kier alpha value is -3.26. The molecule has 1 unspecified atom stereocenters. The molecule has 2 aromatic rings. The molecule has 0 aromatic heterocycles. The highest BCUT2D eigenvalue weighted by atomic mass is 16.5. The zero-order chi connectivity index (χ0) is 19.1. The molecule has 1 atom stereocenters. The lowest BCUT2D eigenvalue weighted by Crippen LogP contribution is -2.57. The van der Waals surface area contributed by atoms with Crippen molar-refractivity contribution >= 4 is 34.4 Å². The third-order valence-corrected chi connectivity index (χ3v) is 4.79. The molecule has 2 heterocycles. The van der Waals surface area contributed by atoms with E-state index >= 15 is 0 Å². The minimum absolute atomic E-state index is 0.0653. The molecule has 2 aliphatic rings. The first-order chi connectivity index (χ1) is 13.0. The molecule has 138 valence electrons. The van der Waals surface area contributed by atoms with Crippen LogP contribution in [0.2, 0.25) is 0 Å². The lowest BCUT2D eigenvalue weighted by Gasteiger charge is -2.35. The van der Waals surface area contributed by atoms with E-state index in [0.717, 1.165) is 10.3 Å². The van der Waals surface area contributed by atoms with Crippen molar-refractivity contribution in [2.24, 2.45) is 5.73 Å². The largest absolute Gasteiger partial charge is 0.491 e. The van der Waals surface area contributed by atoms with Gasteiger partial charge >= 0.3 is 0 Å². The summed E-state index contributed by atoms with van der Waals surface area (Å²) in [6, 6.07) is 7.54. The van der Waals surface area contributed by atoms with Crippen LogP contribution in [-0.2, 0) is 9.59 Å². The molecule has 0 bridgehead atoms. The fourth-order valence-electron chi connectivity index (χ4n) is 3.59.